The summed E-state index contributed by atoms with van der Waals surface area (Å²) in [5.74, 6) is -1.66. The molecule has 0 unspecified atom stereocenters. The molecule has 0 aliphatic carbocycles. The number of aromatic carboxylic acids is 1. The standard InChI is InChI=1S/C16H14BrFN2O3/c1-8-14(19-11-5-4-9(17)7-10(11)18)13(16(22)23)12-3-2-6-20(12)15(8)21/h4-5,7,19H,2-3,6H2,1H3,(H,22,23). The Bertz CT molecular complexity index is 877. The van der Waals surface area contributed by atoms with E-state index < -0.39 is 11.8 Å². The summed E-state index contributed by atoms with van der Waals surface area (Å²) in [6.45, 7) is 2.07. The van der Waals surface area contributed by atoms with Crippen LogP contribution in [-0.2, 0) is 13.0 Å². The maximum Gasteiger partial charge on any atom is 0.339 e. The molecular formula is C16H14BrFN2O3. The van der Waals surface area contributed by atoms with Crippen LogP contribution in [0.2, 0.25) is 0 Å². The molecule has 0 saturated carbocycles. The third kappa shape index (κ3) is 2.65. The second-order valence-electron chi connectivity index (χ2n) is 5.44. The predicted molar refractivity (Wildman–Crippen MR) is 88.1 cm³/mol. The molecule has 5 nitrogen and oxygen atoms in total. The second kappa shape index (κ2) is 5.81. The van der Waals surface area contributed by atoms with Gasteiger partial charge in [-0.05, 0) is 38.0 Å². The van der Waals surface area contributed by atoms with Crippen molar-refractivity contribution in [2.24, 2.45) is 0 Å². The summed E-state index contributed by atoms with van der Waals surface area (Å²) < 4.78 is 16.1. The molecule has 0 saturated heterocycles. The highest BCUT2D eigenvalue weighted by molar-refractivity contribution is 9.10. The summed E-state index contributed by atoms with van der Waals surface area (Å²) in [5, 5.41) is 12.4. The van der Waals surface area contributed by atoms with Crippen LogP contribution in [0.1, 0.15) is 28.0 Å². The molecule has 0 bridgehead atoms. The lowest BCUT2D eigenvalue weighted by atomic mass is 10.1. The van der Waals surface area contributed by atoms with E-state index in [0.29, 0.717) is 23.1 Å². The third-order valence-corrected chi connectivity index (χ3v) is 4.50. The quantitative estimate of drug-likeness (QED) is 0.855. The van der Waals surface area contributed by atoms with Crippen molar-refractivity contribution in [1.82, 2.24) is 4.57 Å². The summed E-state index contributed by atoms with van der Waals surface area (Å²) in [5.41, 5.74) is 0.867. The number of benzene rings is 1. The molecule has 2 heterocycles. The number of nitrogens with one attached hydrogen (secondary N) is 1. The molecule has 120 valence electrons. The van der Waals surface area contributed by atoms with E-state index in [2.05, 4.69) is 21.2 Å². The van der Waals surface area contributed by atoms with Gasteiger partial charge in [-0.1, -0.05) is 15.9 Å². The Morgan fingerprint density at radius 2 is 2.17 bits per heavy atom. The highest BCUT2D eigenvalue weighted by Crippen LogP contribution is 2.30. The predicted octanol–water partition coefficient (Wildman–Crippen LogP) is 3.45. The van der Waals surface area contributed by atoms with Gasteiger partial charge >= 0.3 is 5.97 Å². The lowest BCUT2D eigenvalue weighted by Gasteiger charge is -2.17. The minimum absolute atomic E-state index is 0.0434. The number of nitrogens with zero attached hydrogens (tertiary/aromatic N) is 1. The van der Waals surface area contributed by atoms with E-state index in [4.69, 9.17) is 0 Å². The van der Waals surface area contributed by atoms with Crippen LogP contribution in [0.3, 0.4) is 0 Å². The van der Waals surface area contributed by atoms with E-state index in [1.54, 1.807) is 13.0 Å². The van der Waals surface area contributed by atoms with Crippen molar-refractivity contribution in [2.45, 2.75) is 26.3 Å². The first-order valence-corrected chi connectivity index (χ1v) is 7.91. The summed E-state index contributed by atoms with van der Waals surface area (Å²) in [4.78, 5) is 24.1. The fourth-order valence-electron chi connectivity index (χ4n) is 2.91. The number of hydrogen-bond donors (Lipinski definition) is 2. The molecule has 1 aliphatic rings. The fourth-order valence-corrected chi connectivity index (χ4v) is 3.25. The Morgan fingerprint density at radius 3 is 2.83 bits per heavy atom. The van der Waals surface area contributed by atoms with Gasteiger partial charge in [-0.3, -0.25) is 4.79 Å². The summed E-state index contributed by atoms with van der Waals surface area (Å²) in [7, 11) is 0. The van der Waals surface area contributed by atoms with Gasteiger partial charge in [0.2, 0.25) is 0 Å². The number of pyridine rings is 1. The first-order valence-electron chi connectivity index (χ1n) is 7.11. The fraction of sp³-hybridized carbons (Fsp3) is 0.250. The van der Waals surface area contributed by atoms with Crippen molar-refractivity contribution >= 4 is 33.3 Å². The molecule has 2 N–H and O–H groups in total. The lowest BCUT2D eigenvalue weighted by molar-refractivity contribution is 0.0696. The molecule has 0 atom stereocenters. The van der Waals surface area contributed by atoms with E-state index in [1.807, 2.05) is 0 Å². The van der Waals surface area contributed by atoms with Gasteiger partial charge in [0, 0.05) is 22.3 Å². The number of halogens is 2. The Labute approximate surface area is 139 Å². The van der Waals surface area contributed by atoms with E-state index >= 15 is 0 Å². The Morgan fingerprint density at radius 1 is 1.43 bits per heavy atom. The van der Waals surface area contributed by atoms with E-state index in [9.17, 15) is 19.1 Å². The maximum atomic E-state index is 14.1. The minimum atomic E-state index is -1.13. The summed E-state index contributed by atoms with van der Waals surface area (Å²) in [6, 6.07) is 4.41. The lowest BCUT2D eigenvalue weighted by Crippen LogP contribution is -2.26. The Hall–Kier alpha value is -2.15. The van der Waals surface area contributed by atoms with Crippen LogP contribution in [0.4, 0.5) is 15.8 Å². The molecule has 3 rings (SSSR count). The molecule has 2 aromatic rings. The molecule has 0 radical (unpaired) electrons. The van der Waals surface area contributed by atoms with Gasteiger partial charge in [-0.25, -0.2) is 9.18 Å². The number of aromatic nitrogens is 1. The first kappa shape index (κ1) is 15.7. The van der Waals surface area contributed by atoms with Crippen molar-refractivity contribution in [3.8, 4) is 0 Å². The summed E-state index contributed by atoms with van der Waals surface area (Å²) >= 11 is 3.17. The smallest absolute Gasteiger partial charge is 0.339 e. The second-order valence-corrected chi connectivity index (χ2v) is 6.35. The van der Waals surface area contributed by atoms with Crippen LogP contribution < -0.4 is 10.9 Å². The number of fused-ring (bicyclic) bond motifs is 1. The normalized spacial score (nSPS) is 13.0. The van der Waals surface area contributed by atoms with Crippen LogP contribution in [0, 0.1) is 12.7 Å². The zero-order valence-corrected chi connectivity index (χ0v) is 13.9. The van der Waals surface area contributed by atoms with Crippen molar-refractivity contribution in [3.63, 3.8) is 0 Å². The van der Waals surface area contributed by atoms with E-state index in [0.717, 1.165) is 6.42 Å². The molecule has 0 fully saturated rings. The van der Waals surface area contributed by atoms with Crippen molar-refractivity contribution < 1.29 is 14.3 Å². The van der Waals surface area contributed by atoms with Gasteiger partial charge < -0.3 is 15.0 Å². The SMILES string of the molecule is Cc1c(Nc2ccc(Br)cc2F)c(C(=O)O)c2n(c1=O)CCC2. The van der Waals surface area contributed by atoms with Gasteiger partial charge in [0.15, 0.2) is 0 Å². The van der Waals surface area contributed by atoms with Crippen LogP contribution in [0.25, 0.3) is 0 Å². The Kier molecular flexibility index (Phi) is 3.97. The van der Waals surface area contributed by atoms with Gasteiger partial charge in [0.25, 0.3) is 5.56 Å². The summed E-state index contributed by atoms with van der Waals surface area (Å²) in [6.07, 6.45) is 1.25. The highest BCUT2D eigenvalue weighted by atomic mass is 79.9. The molecule has 23 heavy (non-hydrogen) atoms. The zero-order chi connectivity index (χ0) is 16.7. The molecule has 0 spiro atoms. The third-order valence-electron chi connectivity index (χ3n) is 4.01. The topological polar surface area (TPSA) is 71.3 Å². The van der Waals surface area contributed by atoms with Crippen LogP contribution in [-0.4, -0.2) is 15.6 Å². The van der Waals surface area contributed by atoms with Crippen LogP contribution in [0.5, 0.6) is 0 Å². The molecule has 0 amide bonds. The molecule has 1 aliphatic heterocycles. The van der Waals surface area contributed by atoms with E-state index in [1.165, 1.54) is 16.7 Å². The van der Waals surface area contributed by atoms with Gasteiger partial charge in [-0.15, -0.1) is 0 Å². The van der Waals surface area contributed by atoms with Crippen molar-refractivity contribution in [2.75, 3.05) is 5.32 Å². The van der Waals surface area contributed by atoms with Gasteiger partial charge in [0.1, 0.15) is 11.4 Å². The number of anilines is 2. The van der Waals surface area contributed by atoms with E-state index in [-0.39, 0.29) is 28.1 Å². The molecule has 7 heteroatoms. The van der Waals surface area contributed by atoms with Crippen molar-refractivity contribution in [1.29, 1.82) is 0 Å². The minimum Gasteiger partial charge on any atom is -0.478 e. The van der Waals surface area contributed by atoms with Gasteiger partial charge in [0.05, 0.1) is 11.4 Å². The maximum absolute atomic E-state index is 14.1. The molecule has 1 aromatic carbocycles. The first-order chi connectivity index (χ1) is 10.9. The Balaban J connectivity index is 2.21. The molecular weight excluding hydrogens is 367 g/mol. The number of hydrogen-bond acceptors (Lipinski definition) is 3. The van der Waals surface area contributed by atoms with Gasteiger partial charge in [-0.2, -0.15) is 0 Å². The monoisotopic (exact) mass is 380 g/mol. The largest absolute Gasteiger partial charge is 0.478 e. The highest BCUT2D eigenvalue weighted by Gasteiger charge is 2.27. The zero-order valence-electron chi connectivity index (χ0n) is 12.3. The number of carboxylic acid groups (broad SMARTS) is 1. The number of carboxylic acids is 1. The van der Waals surface area contributed by atoms with Crippen LogP contribution in [0.15, 0.2) is 27.5 Å². The average Bonchev–Trinajstić information content (AvgIpc) is 2.96. The molecule has 1 aromatic heterocycles. The average molecular weight is 381 g/mol. The number of rotatable bonds is 3. The number of carbonyl (C=O) groups is 1. The van der Waals surface area contributed by atoms with Crippen LogP contribution >= 0.6 is 15.9 Å². The van der Waals surface area contributed by atoms with Crippen molar-refractivity contribution in [3.05, 3.63) is 55.7 Å².